The molecule has 1 saturated heterocycles. The average Bonchev–Trinajstić information content (AvgIpc) is 2.69. The molecule has 2 amide bonds. The van der Waals surface area contributed by atoms with E-state index < -0.39 is 11.5 Å². The molecular formula is C12H22N2O3. The quantitative estimate of drug-likeness (QED) is 0.790. The van der Waals surface area contributed by atoms with E-state index in [0.717, 1.165) is 19.3 Å². The molecule has 0 aliphatic carbocycles. The van der Waals surface area contributed by atoms with Crippen LogP contribution < -0.4 is 5.32 Å². The van der Waals surface area contributed by atoms with Crippen molar-refractivity contribution in [3.63, 3.8) is 0 Å². The number of rotatable bonds is 4. The van der Waals surface area contributed by atoms with Crippen molar-refractivity contribution in [2.24, 2.45) is 0 Å². The average molecular weight is 242 g/mol. The Hall–Kier alpha value is -1.26. The van der Waals surface area contributed by atoms with Crippen molar-refractivity contribution >= 4 is 12.0 Å². The zero-order chi connectivity index (χ0) is 13.1. The van der Waals surface area contributed by atoms with Gasteiger partial charge in [0.15, 0.2) is 0 Å². The van der Waals surface area contributed by atoms with E-state index in [4.69, 9.17) is 0 Å². The van der Waals surface area contributed by atoms with Crippen LogP contribution in [0.5, 0.6) is 0 Å². The number of likely N-dealkylation sites (tertiary alicyclic amines) is 1. The second-order valence-corrected chi connectivity index (χ2v) is 4.80. The van der Waals surface area contributed by atoms with Crippen LogP contribution in [0.15, 0.2) is 0 Å². The number of amides is 2. The SMILES string of the molecule is CCC(CC)NC(=O)N1CCCC1(C)C(=O)O. The van der Waals surface area contributed by atoms with E-state index in [-0.39, 0.29) is 12.1 Å². The first-order valence-corrected chi connectivity index (χ1v) is 6.27. The van der Waals surface area contributed by atoms with Crippen molar-refractivity contribution in [3.8, 4) is 0 Å². The van der Waals surface area contributed by atoms with Crippen LogP contribution in [0, 0.1) is 0 Å². The van der Waals surface area contributed by atoms with Crippen LogP contribution in [-0.2, 0) is 4.79 Å². The molecule has 1 atom stereocenters. The number of carboxylic acid groups (broad SMARTS) is 1. The van der Waals surface area contributed by atoms with E-state index in [1.807, 2.05) is 13.8 Å². The molecule has 0 spiro atoms. The molecular weight excluding hydrogens is 220 g/mol. The molecule has 0 saturated carbocycles. The maximum Gasteiger partial charge on any atom is 0.329 e. The normalized spacial score (nSPS) is 24.1. The molecule has 5 nitrogen and oxygen atoms in total. The molecule has 1 rings (SSSR count). The van der Waals surface area contributed by atoms with E-state index in [2.05, 4.69) is 5.32 Å². The van der Waals surface area contributed by atoms with Crippen LogP contribution in [0.2, 0.25) is 0 Å². The molecule has 1 fully saturated rings. The number of carboxylic acids is 1. The molecule has 0 radical (unpaired) electrons. The fourth-order valence-electron chi connectivity index (χ4n) is 2.26. The van der Waals surface area contributed by atoms with Crippen molar-refractivity contribution in [2.45, 2.75) is 58.0 Å². The van der Waals surface area contributed by atoms with Crippen molar-refractivity contribution in [1.82, 2.24) is 10.2 Å². The lowest BCUT2D eigenvalue weighted by molar-refractivity contribution is -0.147. The number of nitrogens with one attached hydrogen (secondary N) is 1. The van der Waals surface area contributed by atoms with Gasteiger partial charge in [-0.1, -0.05) is 13.8 Å². The zero-order valence-corrected chi connectivity index (χ0v) is 10.8. The molecule has 0 aromatic heterocycles. The molecule has 1 heterocycles. The van der Waals surface area contributed by atoms with Crippen LogP contribution in [0.1, 0.15) is 46.5 Å². The van der Waals surface area contributed by atoms with Gasteiger partial charge in [-0.2, -0.15) is 0 Å². The van der Waals surface area contributed by atoms with Crippen LogP contribution in [-0.4, -0.2) is 40.1 Å². The van der Waals surface area contributed by atoms with Gasteiger partial charge in [-0.25, -0.2) is 9.59 Å². The highest BCUT2D eigenvalue weighted by Gasteiger charge is 2.46. The molecule has 0 bridgehead atoms. The van der Waals surface area contributed by atoms with Gasteiger partial charge in [0.25, 0.3) is 0 Å². The zero-order valence-electron chi connectivity index (χ0n) is 10.8. The summed E-state index contributed by atoms with van der Waals surface area (Å²) in [4.78, 5) is 24.7. The summed E-state index contributed by atoms with van der Waals surface area (Å²) in [7, 11) is 0. The van der Waals surface area contributed by atoms with Gasteiger partial charge in [0.2, 0.25) is 0 Å². The van der Waals surface area contributed by atoms with Crippen molar-refractivity contribution in [3.05, 3.63) is 0 Å². The number of aliphatic carboxylic acids is 1. The predicted octanol–water partition coefficient (Wildman–Crippen LogP) is 1.82. The summed E-state index contributed by atoms with van der Waals surface area (Å²) >= 11 is 0. The molecule has 0 aromatic rings. The summed E-state index contributed by atoms with van der Waals surface area (Å²) in [5.41, 5.74) is -1.05. The number of nitrogens with zero attached hydrogens (tertiary/aromatic N) is 1. The highest BCUT2D eigenvalue weighted by atomic mass is 16.4. The van der Waals surface area contributed by atoms with Crippen LogP contribution in [0.3, 0.4) is 0 Å². The fourth-order valence-corrected chi connectivity index (χ4v) is 2.26. The number of hydrogen-bond donors (Lipinski definition) is 2. The molecule has 1 aliphatic rings. The predicted molar refractivity (Wildman–Crippen MR) is 64.9 cm³/mol. The Morgan fingerprint density at radius 1 is 1.41 bits per heavy atom. The van der Waals surface area contributed by atoms with E-state index in [1.54, 1.807) is 6.92 Å². The van der Waals surface area contributed by atoms with Gasteiger partial charge in [-0.3, -0.25) is 0 Å². The number of urea groups is 1. The third kappa shape index (κ3) is 2.70. The lowest BCUT2D eigenvalue weighted by atomic mass is 10.00. The Kier molecular flexibility index (Phi) is 4.37. The van der Waals surface area contributed by atoms with Gasteiger partial charge in [0.1, 0.15) is 5.54 Å². The molecule has 1 aliphatic heterocycles. The number of carbonyl (C=O) groups excluding carboxylic acids is 1. The molecule has 0 aromatic carbocycles. The standard InChI is InChI=1S/C12H22N2O3/c1-4-9(5-2)13-11(17)14-8-6-7-12(14,3)10(15)16/h9H,4-8H2,1-3H3,(H,13,17)(H,15,16). The highest BCUT2D eigenvalue weighted by Crippen LogP contribution is 2.29. The molecule has 1 unspecified atom stereocenters. The Bertz CT molecular complexity index is 302. The van der Waals surface area contributed by atoms with E-state index >= 15 is 0 Å². The maximum atomic E-state index is 12.0. The fraction of sp³-hybridized carbons (Fsp3) is 0.833. The van der Waals surface area contributed by atoms with Gasteiger partial charge >= 0.3 is 12.0 Å². The monoisotopic (exact) mass is 242 g/mol. The van der Waals surface area contributed by atoms with Crippen LogP contribution in [0.25, 0.3) is 0 Å². The molecule has 5 heteroatoms. The first kappa shape index (κ1) is 13.8. The lowest BCUT2D eigenvalue weighted by Gasteiger charge is -2.32. The largest absolute Gasteiger partial charge is 0.480 e. The second kappa shape index (κ2) is 5.38. The summed E-state index contributed by atoms with van der Waals surface area (Å²) < 4.78 is 0. The first-order valence-electron chi connectivity index (χ1n) is 6.27. The van der Waals surface area contributed by atoms with Crippen molar-refractivity contribution < 1.29 is 14.7 Å². The molecule has 98 valence electrons. The Labute approximate surface area is 102 Å². The molecule has 2 N–H and O–H groups in total. The first-order chi connectivity index (χ1) is 7.95. The minimum Gasteiger partial charge on any atom is -0.480 e. The summed E-state index contributed by atoms with van der Waals surface area (Å²) in [6.45, 7) is 6.16. The maximum absolute atomic E-state index is 12.0. The van der Waals surface area contributed by atoms with Gasteiger partial charge in [0.05, 0.1) is 0 Å². The second-order valence-electron chi connectivity index (χ2n) is 4.80. The van der Waals surface area contributed by atoms with E-state index in [1.165, 1.54) is 4.90 Å². The summed E-state index contributed by atoms with van der Waals surface area (Å²) in [5, 5.41) is 12.1. The van der Waals surface area contributed by atoms with E-state index in [0.29, 0.717) is 13.0 Å². The third-order valence-corrected chi connectivity index (χ3v) is 3.66. The third-order valence-electron chi connectivity index (χ3n) is 3.66. The van der Waals surface area contributed by atoms with Gasteiger partial charge in [-0.05, 0) is 32.6 Å². The lowest BCUT2D eigenvalue weighted by Crippen LogP contribution is -2.55. The Balaban J connectivity index is 2.72. The minimum absolute atomic E-state index is 0.126. The van der Waals surface area contributed by atoms with Crippen LogP contribution >= 0.6 is 0 Å². The van der Waals surface area contributed by atoms with Gasteiger partial charge in [-0.15, -0.1) is 0 Å². The number of hydrogen-bond acceptors (Lipinski definition) is 2. The van der Waals surface area contributed by atoms with Gasteiger partial charge < -0.3 is 15.3 Å². The van der Waals surface area contributed by atoms with Crippen LogP contribution in [0.4, 0.5) is 4.79 Å². The van der Waals surface area contributed by atoms with Gasteiger partial charge in [0, 0.05) is 12.6 Å². The highest BCUT2D eigenvalue weighted by molar-refractivity contribution is 5.86. The topological polar surface area (TPSA) is 69.6 Å². The number of carbonyl (C=O) groups is 2. The Morgan fingerprint density at radius 2 is 2.00 bits per heavy atom. The van der Waals surface area contributed by atoms with E-state index in [9.17, 15) is 14.7 Å². The molecule has 17 heavy (non-hydrogen) atoms. The van der Waals surface area contributed by atoms with Crippen molar-refractivity contribution in [1.29, 1.82) is 0 Å². The summed E-state index contributed by atoms with van der Waals surface area (Å²) in [6, 6.07) is -0.123. The minimum atomic E-state index is -1.05. The summed E-state index contributed by atoms with van der Waals surface area (Å²) in [6.07, 6.45) is 3.00. The summed E-state index contributed by atoms with van der Waals surface area (Å²) in [5.74, 6) is -0.922. The smallest absolute Gasteiger partial charge is 0.329 e. The van der Waals surface area contributed by atoms with Crippen molar-refractivity contribution in [2.75, 3.05) is 6.54 Å². The Morgan fingerprint density at radius 3 is 2.47 bits per heavy atom.